The van der Waals surface area contributed by atoms with Gasteiger partial charge in [-0.1, -0.05) is 48.5 Å². The molecule has 0 saturated carbocycles. The molecule has 0 bridgehead atoms. The first-order valence-electron chi connectivity index (χ1n) is 7.85. The predicted octanol–water partition coefficient (Wildman–Crippen LogP) is 3.23. The molecule has 3 aromatic carbocycles. The summed E-state index contributed by atoms with van der Waals surface area (Å²) < 4.78 is 0. The lowest BCUT2D eigenvalue weighted by molar-refractivity contribution is 0.897. The fourth-order valence-corrected chi connectivity index (χ4v) is 2.79. The van der Waals surface area contributed by atoms with Crippen LogP contribution in [0.1, 0.15) is 11.3 Å². The summed E-state index contributed by atoms with van der Waals surface area (Å²) in [6, 6.07) is 18.5. The molecule has 0 radical (unpaired) electrons. The van der Waals surface area contributed by atoms with Gasteiger partial charge in [-0.25, -0.2) is 5.43 Å². The molecule has 0 aliphatic rings. The first-order valence-corrected chi connectivity index (χ1v) is 7.85. The van der Waals surface area contributed by atoms with Gasteiger partial charge in [0, 0.05) is 5.56 Å². The van der Waals surface area contributed by atoms with Crippen LogP contribution in [0.3, 0.4) is 0 Å². The maximum absolute atomic E-state index is 11.6. The van der Waals surface area contributed by atoms with Crippen LogP contribution in [0.5, 0.6) is 0 Å². The van der Waals surface area contributed by atoms with Crippen molar-refractivity contribution in [2.75, 3.05) is 5.43 Å². The zero-order chi connectivity index (χ0) is 17.2. The average Bonchev–Trinajstić information content (AvgIpc) is 2.64. The van der Waals surface area contributed by atoms with Crippen molar-refractivity contribution in [1.82, 2.24) is 15.2 Å². The monoisotopic (exact) mass is 329 g/mol. The second-order valence-corrected chi connectivity index (χ2v) is 5.69. The Labute approximate surface area is 143 Å². The lowest BCUT2D eigenvalue weighted by Gasteiger charge is -2.07. The van der Waals surface area contributed by atoms with Crippen molar-refractivity contribution < 1.29 is 0 Å². The van der Waals surface area contributed by atoms with Gasteiger partial charge in [-0.2, -0.15) is 5.10 Å². The number of hydrogen-bond donors (Lipinski definition) is 2. The zero-order valence-electron chi connectivity index (χ0n) is 13.5. The number of hydrogen-bond acceptors (Lipinski definition) is 5. The largest absolute Gasteiger partial charge is 0.288 e. The normalized spacial score (nSPS) is 11.4. The number of aryl methyl sites for hydroxylation is 1. The lowest BCUT2D eigenvalue weighted by Crippen LogP contribution is -2.15. The van der Waals surface area contributed by atoms with E-state index >= 15 is 0 Å². The Morgan fingerprint density at radius 2 is 1.64 bits per heavy atom. The van der Waals surface area contributed by atoms with Crippen LogP contribution in [0.4, 0.5) is 5.95 Å². The molecule has 0 atom stereocenters. The number of nitrogens with zero attached hydrogens (tertiary/aromatic N) is 3. The standard InChI is InChI=1S/C19H15N5O/c1-12-18(25)21-19(24-22-12)23-20-11-17-15-8-4-2-6-13(15)10-14-7-3-5-9-16(14)17/h2-11H,1H3,(H2,21,23,24,25)/b20-11-. The van der Waals surface area contributed by atoms with Gasteiger partial charge in [0.1, 0.15) is 5.69 Å². The topological polar surface area (TPSA) is 83.0 Å². The van der Waals surface area contributed by atoms with E-state index in [4.69, 9.17) is 0 Å². The van der Waals surface area contributed by atoms with Crippen molar-refractivity contribution in [3.8, 4) is 0 Å². The van der Waals surface area contributed by atoms with Crippen LogP contribution in [0.2, 0.25) is 0 Å². The van der Waals surface area contributed by atoms with Crippen LogP contribution in [-0.4, -0.2) is 21.4 Å². The molecule has 25 heavy (non-hydrogen) atoms. The molecule has 0 spiro atoms. The number of nitrogens with one attached hydrogen (secondary N) is 2. The SMILES string of the molecule is Cc1nnc(N/N=C\c2c3ccccc3cc3ccccc23)[nH]c1=O. The van der Waals surface area contributed by atoms with Gasteiger partial charge < -0.3 is 0 Å². The molecule has 4 rings (SSSR count). The summed E-state index contributed by atoms with van der Waals surface area (Å²) in [6.07, 6.45) is 1.74. The summed E-state index contributed by atoms with van der Waals surface area (Å²) in [7, 11) is 0. The van der Waals surface area contributed by atoms with E-state index in [0.29, 0.717) is 5.69 Å². The minimum absolute atomic E-state index is 0.205. The van der Waals surface area contributed by atoms with E-state index in [2.05, 4.69) is 56.0 Å². The summed E-state index contributed by atoms with van der Waals surface area (Å²) >= 11 is 0. The maximum atomic E-state index is 11.6. The van der Waals surface area contributed by atoms with E-state index in [1.165, 1.54) is 0 Å². The Bertz CT molecular complexity index is 1110. The van der Waals surface area contributed by atoms with Crippen molar-refractivity contribution in [3.63, 3.8) is 0 Å². The Morgan fingerprint density at radius 1 is 1.00 bits per heavy atom. The molecule has 0 aliphatic carbocycles. The van der Waals surface area contributed by atoms with Crippen molar-refractivity contribution in [2.45, 2.75) is 6.92 Å². The minimum atomic E-state index is -0.289. The summed E-state index contributed by atoms with van der Waals surface area (Å²) in [4.78, 5) is 14.2. The molecule has 2 N–H and O–H groups in total. The van der Waals surface area contributed by atoms with Crippen LogP contribution in [0.15, 0.2) is 64.5 Å². The minimum Gasteiger partial charge on any atom is -0.288 e. The van der Waals surface area contributed by atoms with E-state index in [9.17, 15) is 4.79 Å². The van der Waals surface area contributed by atoms with Crippen molar-refractivity contribution in [3.05, 3.63) is 76.2 Å². The molecule has 4 aromatic rings. The average molecular weight is 329 g/mol. The molecular weight excluding hydrogens is 314 g/mol. The van der Waals surface area contributed by atoms with Gasteiger partial charge in [-0.15, -0.1) is 10.2 Å². The number of aromatic amines is 1. The number of fused-ring (bicyclic) bond motifs is 2. The van der Waals surface area contributed by atoms with E-state index in [1.54, 1.807) is 13.1 Å². The molecule has 0 aliphatic heterocycles. The van der Waals surface area contributed by atoms with Crippen molar-refractivity contribution >= 4 is 33.7 Å². The van der Waals surface area contributed by atoms with E-state index in [1.807, 2.05) is 24.3 Å². The van der Waals surface area contributed by atoms with Gasteiger partial charge in [0.05, 0.1) is 6.21 Å². The molecule has 1 aromatic heterocycles. The quantitative estimate of drug-likeness (QED) is 0.343. The predicted molar refractivity (Wildman–Crippen MR) is 100 cm³/mol. The van der Waals surface area contributed by atoms with Gasteiger partial charge in [-0.3, -0.25) is 9.78 Å². The van der Waals surface area contributed by atoms with E-state index in [0.717, 1.165) is 27.1 Å². The highest BCUT2D eigenvalue weighted by molar-refractivity contribution is 6.13. The fraction of sp³-hybridized carbons (Fsp3) is 0.0526. The molecule has 6 nitrogen and oxygen atoms in total. The maximum Gasteiger partial charge on any atom is 0.274 e. The van der Waals surface area contributed by atoms with E-state index in [-0.39, 0.29) is 11.5 Å². The van der Waals surface area contributed by atoms with Gasteiger partial charge >= 0.3 is 0 Å². The Hall–Kier alpha value is -3.54. The number of H-pyrrole nitrogens is 1. The second-order valence-electron chi connectivity index (χ2n) is 5.69. The molecular formula is C19H15N5O. The number of benzene rings is 3. The van der Waals surface area contributed by atoms with Crippen LogP contribution in [-0.2, 0) is 0 Å². The molecule has 6 heteroatoms. The summed E-state index contributed by atoms with van der Waals surface area (Å²) in [6.45, 7) is 1.60. The molecule has 1 heterocycles. The molecule has 0 fully saturated rings. The van der Waals surface area contributed by atoms with E-state index < -0.39 is 0 Å². The van der Waals surface area contributed by atoms with Crippen LogP contribution in [0.25, 0.3) is 21.5 Å². The van der Waals surface area contributed by atoms with Crippen molar-refractivity contribution in [2.24, 2.45) is 5.10 Å². The van der Waals surface area contributed by atoms with Crippen LogP contribution < -0.4 is 11.0 Å². The van der Waals surface area contributed by atoms with Gasteiger partial charge in [0.2, 0.25) is 5.95 Å². The van der Waals surface area contributed by atoms with Crippen LogP contribution in [0, 0.1) is 6.92 Å². The highest BCUT2D eigenvalue weighted by Crippen LogP contribution is 2.27. The third-order valence-electron chi connectivity index (χ3n) is 4.04. The summed E-state index contributed by atoms with van der Waals surface area (Å²) in [5.41, 5.74) is 3.76. The number of hydrazone groups is 1. The Morgan fingerprint density at radius 3 is 2.28 bits per heavy atom. The third kappa shape index (κ3) is 2.85. The first-order chi connectivity index (χ1) is 12.2. The summed E-state index contributed by atoms with van der Waals surface area (Å²) in [5.74, 6) is 0.205. The van der Waals surface area contributed by atoms with Gasteiger partial charge in [-0.05, 0) is 34.5 Å². The third-order valence-corrected chi connectivity index (χ3v) is 4.04. The molecule has 0 unspecified atom stereocenters. The highest BCUT2D eigenvalue weighted by atomic mass is 16.1. The first kappa shape index (κ1) is 15.0. The molecule has 0 amide bonds. The van der Waals surface area contributed by atoms with Crippen LogP contribution >= 0.6 is 0 Å². The smallest absolute Gasteiger partial charge is 0.274 e. The molecule has 122 valence electrons. The number of anilines is 1. The number of aromatic nitrogens is 3. The highest BCUT2D eigenvalue weighted by Gasteiger charge is 2.05. The van der Waals surface area contributed by atoms with Gasteiger partial charge in [0.25, 0.3) is 5.56 Å². The Kier molecular flexibility index (Phi) is 3.70. The van der Waals surface area contributed by atoms with Gasteiger partial charge in [0.15, 0.2) is 0 Å². The summed E-state index contributed by atoms with van der Waals surface area (Å²) in [5, 5.41) is 16.4. The Balaban J connectivity index is 1.78. The number of rotatable bonds is 3. The fourth-order valence-electron chi connectivity index (χ4n) is 2.79. The molecule has 0 saturated heterocycles. The van der Waals surface area contributed by atoms with Crippen molar-refractivity contribution in [1.29, 1.82) is 0 Å². The lowest BCUT2D eigenvalue weighted by atomic mass is 9.97. The second kappa shape index (κ2) is 6.16. The zero-order valence-corrected chi connectivity index (χ0v) is 13.5.